The second-order valence-electron chi connectivity index (χ2n) is 7.59. The number of hydrogen-bond donors (Lipinski definition) is 0. The molecule has 2 aromatic carbocycles. The smallest absolute Gasteiger partial charge is 0.222 e. The Morgan fingerprint density at radius 2 is 1.82 bits per heavy atom. The molecule has 4 rings (SSSR count). The molecule has 0 spiro atoms. The van der Waals surface area contributed by atoms with Crippen LogP contribution in [0, 0.1) is 0 Å². The third-order valence-corrected chi connectivity index (χ3v) is 6.70. The molecule has 3 aromatic rings. The largest absolute Gasteiger partial charge is 0.343 e. The Balaban J connectivity index is 1.24. The highest BCUT2D eigenvalue weighted by Crippen LogP contribution is 2.23. The van der Waals surface area contributed by atoms with Crippen molar-refractivity contribution in [3.63, 3.8) is 0 Å². The first-order chi connectivity index (χ1) is 13.7. The van der Waals surface area contributed by atoms with Gasteiger partial charge in [-0.25, -0.2) is 4.98 Å². The van der Waals surface area contributed by atoms with Crippen molar-refractivity contribution in [2.45, 2.75) is 38.3 Å². The van der Waals surface area contributed by atoms with Crippen molar-refractivity contribution in [1.29, 1.82) is 0 Å². The minimum absolute atomic E-state index is 0.267. The van der Waals surface area contributed by atoms with Crippen molar-refractivity contribution >= 4 is 27.5 Å². The average molecular weight is 394 g/mol. The van der Waals surface area contributed by atoms with Crippen LogP contribution in [0.4, 0.5) is 0 Å². The van der Waals surface area contributed by atoms with Gasteiger partial charge in [0.2, 0.25) is 5.91 Å². The van der Waals surface area contributed by atoms with Gasteiger partial charge in [0.15, 0.2) is 0 Å². The van der Waals surface area contributed by atoms with E-state index < -0.39 is 0 Å². The molecular formula is C23H27N3OS. The monoisotopic (exact) mass is 393 g/mol. The summed E-state index contributed by atoms with van der Waals surface area (Å²) in [5.74, 6) is 0.267. The summed E-state index contributed by atoms with van der Waals surface area (Å²) in [7, 11) is 2.20. The maximum atomic E-state index is 12.6. The van der Waals surface area contributed by atoms with Crippen LogP contribution in [0.5, 0.6) is 0 Å². The van der Waals surface area contributed by atoms with Gasteiger partial charge in [-0.2, -0.15) is 0 Å². The van der Waals surface area contributed by atoms with Gasteiger partial charge >= 0.3 is 0 Å². The van der Waals surface area contributed by atoms with Gasteiger partial charge in [0.25, 0.3) is 0 Å². The zero-order valence-corrected chi connectivity index (χ0v) is 17.2. The number of likely N-dealkylation sites (tertiary alicyclic amines) is 1. The number of para-hydroxylation sites is 1. The summed E-state index contributed by atoms with van der Waals surface area (Å²) in [5, 5.41) is 1.06. The predicted octanol–water partition coefficient (Wildman–Crippen LogP) is 4.35. The van der Waals surface area contributed by atoms with E-state index in [-0.39, 0.29) is 5.91 Å². The second-order valence-corrected chi connectivity index (χ2v) is 8.70. The van der Waals surface area contributed by atoms with E-state index in [0.717, 1.165) is 49.4 Å². The summed E-state index contributed by atoms with van der Waals surface area (Å²) in [6, 6.07) is 19.3. The normalized spacial score (nSPS) is 15.4. The number of aryl methyl sites for hydroxylation is 1. The molecule has 1 aromatic heterocycles. The standard InChI is InChI=1S/C23H27N3OS/c1-25(17-18-7-3-2-4-8-18)19-13-15-26(16-14-19)23(27)12-11-22-24-20-9-5-6-10-21(20)28-22/h2-10,19H,11-17H2,1H3. The number of hydrogen-bond acceptors (Lipinski definition) is 4. The molecule has 4 nitrogen and oxygen atoms in total. The van der Waals surface area contributed by atoms with E-state index in [1.807, 2.05) is 23.1 Å². The van der Waals surface area contributed by atoms with Crippen LogP contribution in [-0.2, 0) is 17.8 Å². The number of piperidine rings is 1. The molecule has 146 valence electrons. The highest BCUT2D eigenvalue weighted by molar-refractivity contribution is 7.18. The lowest BCUT2D eigenvalue weighted by molar-refractivity contribution is -0.132. The summed E-state index contributed by atoms with van der Waals surface area (Å²) in [6.07, 6.45) is 3.41. The molecule has 1 saturated heterocycles. The minimum atomic E-state index is 0.267. The lowest BCUT2D eigenvalue weighted by Crippen LogP contribution is -2.45. The first-order valence-corrected chi connectivity index (χ1v) is 10.9. The minimum Gasteiger partial charge on any atom is -0.343 e. The Morgan fingerprint density at radius 3 is 2.57 bits per heavy atom. The van der Waals surface area contributed by atoms with Gasteiger partial charge < -0.3 is 4.90 Å². The molecule has 0 unspecified atom stereocenters. The van der Waals surface area contributed by atoms with E-state index >= 15 is 0 Å². The summed E-state index contributed by atoms with van der Waals surface area (Å²) in [6.45, 7) is 2.70. The number of fused-ring (bicyclic) bond motifs is 1. The van der Waals surface area contributed by atoms with Crippen LogP contribution in [-0.4, -0.2) is 46.9 Å². The Labute approximate surface area is 170 Å². The lowest BCUT2D eigenvalue weighted by Gasteiger charge is -2.37. The SMILES string of the molecule is CN(Cc1ccccc1)C1CCN(C(=O)CCc2nc3ccccc3s2)CC1. The maximum absolute atomic E-state index is 12.6. The van der Waals surface area contributed by atoms with E-state index in [4.69, 9.17) is 0 Å². The fourth-order valence-corrected chi connectivity index (χ4v) is 4.92. The zero-order chi connectivity index (χ0) is 19.3. The van der Waals surface area contributed by atoms with E-state index in [0.29, 0.717) is 12.5 Å². The molecular weight excluding hydrogens is 366 g/mol. The summed E-state index contributed by atoms with van der Waals surface area (Å²) < 4.78 is 1.20. The quantitative estimate of drug-likeness (QED) is 0.625. The van der Waals surface area contributed by atoms with E-state index in [9.17, 15) is 4.79 Å². The molecule has 0 radical (unpaired) electrons. The Kier molecular flexibility index (Phi) is 6.03. The molecule has 2 heterocycles. The van der Waals surface area contributed by atoms with Crippen molar-refractivity contribution < 1.29 is 4.79 Å². The molecule has 1 aliphatic heterocycles. The fraction of sp³-hybridized carbons (Fsp3) is 0.391. The van der Waals surface area contributed by atoms with Crippen molar-refractivity contribution in [2.75, 3.05) is 20.1 Å². The second kappa shape index (κ2) is 8.84. The van der Waals surface area contributed by atoms with Crippen LogP contribution in [0.15, 0.2) is 54.6 Å². The number of amides is 1. The van der Waals surface area contributed by atoms with Gasteiger partial charge in [-0.05, 0) is 37.6 Å². The van der Waals surface area contributed by atoms with Crippen LogP contribution >= 0.6 is 11.3 Å². The Bertz CT molecular complexity index is 883. The van der Waals surface area contributed by atoms with Gasteiger partial charge in [-0.3, -0.25) is 9.69 Å². The topological polar surface area (TPSA) is 36.4 Å². The molecule has 0 aliphatic carbocycles. The number of carbonyl (C=O) groups excluding carboxylic acids is 1. The fourth-order valence-electron chi connectivity index (χ4n) is 3.96. The van der Waals surface area contributed by atoms with Crippen LogP contribution in [0.1, 0.15) is 29.8 Å². The molecule has 1 fully saturated rings. The van der Waals surface area contributed by atoms with Crippen molar-refractivity contribution in [2.24, 2.45) is 0 Å². The van der Waals surface area contributed by atoms with Crippen molar-refractivity contribution in [3.8, 4) is 0 Å². The lowest BCUT2D eigenvalue weighted by atomic mass is 10.0. The number of aromatic nitrogens is 1. The molecule has 28 heavy (non-hydrogen) atoms. The van der Waals surface area contributed by atoms with E-state index in [2.05, 4.69) is 53.3 Å². The highest BCUT2D eigenvalue weighted by atomic mass is 32.1. The molecule has 1 amide bonds. The van der Waals surface area contributed by atoms with Crippen LogP contribution in [0.25, 0.3) is 10.2 Å². The summed E-state index contributed by atoms with van der Waals surface area (Å²) in [4.78, 5) is 21.8. The number of benzene rings is 2. The molecule has 1 aliphatic rings. The highest BCUT2D eigenvalue weighted by Gasteiger charge is 2.25. The predicted molar refractivity (Wildman–Crippen MR) is 115 cm³/mol. The van der Waals surface area contributed by atoms with Crippen molar-refractivity contribution in [1.82, 2.24) is 14.8 Å². The number of thiazole rings is 1. The average Bonchev–Trinajstić information content (AvgIpc) is 3.16. The van der Waals surface area contributed by atoms with Gasteiger partial charge in [0, 0.05) is 38.5 Å². The van der Waals surface area contributed by atoms with Gasteiger partial charge in [-0.15, -0.1) is 11.3 Å². The summed E-state index contributed by atoms with van der Waals surface area (Å²) >= 11 is 1.70. The molecule has 0 N–H and O–H groups in total. The molecule has 0 bridgehead atoms. The number of carbonyl (C=O) groups is 1. The van der Waals surface area contributed by atoms with E-state index in [1.54, 1.807) is 11.3 Å². The Hall–Kier alpha value is -2.24. The first kappa shape index (κ1) is 19.1. The Morgan fingerprint density at radius 1 is 1.11 bits per heavy atom. The van der Waals surface area contributed by atoms with Gasteiger partial charge in [0.05, 0.1) is 15.2 Å². The van der Waals surface area contributed by atoms with Gasteiger partial charge in [0.1, 0.15) is 0 Å². The number of nitrogens with zero attached hydrogens (tertiary/aromatic N) is 3. The first-order valence-electron chi connectivity index (χ1n) is 10.1. The number of rotatable bonds is 6. The van der Waals surface area contributed by atoms with Crippen molar-refractivity contribution in [3.05, 3.63) is 65.2 Å². The van der Waals surface area contributed by atoms with E-state index in [1.165, 1.54) is 10.3 Å². The molecule has 0 atom stereocenters. The third kappa shape index (κ3) is 4.59. The van der Waals surface area contributed by atoms with Crippen LogP contribution in [0.3, 0.4) is 0 Å². The van der Waals surface area contributed by atoms with Crippen LogP contribution < -0.4 is 0 Å². The summed E-state index contributed by atoms with van der Waals surface area (Å²) in [5.41, 5.74) is 2.39. The maximum Gasteiger partial charge on any atom is 0.222 e. The van der Waals surface area contributed by atoms with Gasteiger partial charge in [-0.1, -0.05) is 42.5 Å². The third-order valence-electron chi connectivity index (χ3n) is 5.61. The molecule has 0 saturated carbocycles. The van der Waals surface area contributed by atoms with Crippen LogP contribution in [0.2, 0.25) is 0 Å². The molecule has 5 heteroatoms. The zero-order valence-electron chi connectivity index (χ0n) is 16.4.